The minimum Gasteiger partial charge on any atom is -0.457 e. The van der Waals surface area contributed by atoms with Crippen LogP contribution in [-0.4, -0.2) is 62.2 Å². The van der Waals surface area contributed by atoms with E-state index in [4.69, 9.17) is 4.74 Å². The number of aryl methyl sites for hydroxylation is 1. The molecular formula is C26H28N4O5S. The van der Waals surface area contributed by atoms with Crippen molar-refractivity contribution in [1.82, 2.24) is 19.8 Å². The van der Waals surface area contributed by atoms with E-state index >= 15 is 0 Å². The molecule has 10 heteroatoms. The summed E-state index contributed by atoms with van der Waals surface area (Å²) in [6, 6.07) is 13.1. The predicted octanol–water partition coefficient (Wildman–Crippen LogP) is 3.02. The molecule has 0 spiro atoms. The monoisotopic (exact) mass is 508 g/mol. The number of fused-ring (bicyclic) bond motifs is 1. The van der Waals surface area contributed by atoms with Crippen molar-refractivity contribution in [3.8, 4) is 22.6 Å². The fourth-order valence-corrected chi connectivity index (χ4v) is 4.49. The molecule has 0 bridgehead atoms. The lowest BCUT2D eigenvalue weighted by atomic mass is 10.0. The second-order valence-electron chi connectivity index (χ2n) is 8.84. The number of carbonyl (C=O) groups is 1. The van der Waals surface area contributed by atoms with Crippen molar-refractivity contribution in [2.24, 2.45) is 7.05 Å². The number of amides is 1. The summed E-state index contributed by atoms with van der Waals surface area (Å²) in [6.07, 6.45) is 4.45. The van der Waals surface area contributed by atoms with Crippen LogP contribution in [0.25, 0.3) is 22.0 Å². The van der Waals surface area contributed by atoms with Crippen LogP contribution in [0.1, 0.15) is 10.4 Å². The Balaban J connectivity index is 1.77. The number of hydrogen-bond acceptors (Lipinski definition) is 6. The van der Waals surface area contributed by atoms with E-state index in [1.807, 2.05) is 19.0 Å². The molecule has 2 heterocycles. The molecule has 0 saturated heterocycles. The second kappa shape index (κ2) is 10.00. The molecule has 0 aliphatic heterocycles. The van der Waals surface area contributed by atoms with Crippen LogP contribution >= 0.6 is 0 Å². The molecule has 0 fully saturated rings. The highest BCUT2D eigenvalue weighted by Gasteiger charge is 2.18. The summed E-state index contributed by atoms with van der Waals surface area (Å²) >= 11 is 0. The van der Waals surface area contributed by atoms with Gasteiger partial charge < -0.3 is 24.5 Å². The SMILES string of the molecule is CN(C)CCNC(=O)c1cccc(Oc2ccc(S(C)(=O)=O)cc2-c2cn(C)c(=O)c3[nH]ccc23)c1. The summed E-state index contributed by atoms with van der Waals surface area (Å²) in [5, 5.41) is 3.51. The number of carbonyl (C=O) groups excluding carboxylic acids is 1. The van der Waals surface area contributed by atoms with Gasteiger partial charge in [-0.1, -0.05) is 6.07 Å². The van der Waals surface area contributed by atoms with Crippen molar-refractivity contribution < 1.29 is 17.9 Å². The molecule has 0 saturated carbocycles. The van der Waals surface area contributed by atoms with Gasteiger partial charge in [0.05, 0.1) is 4.90 Å². The van der Waals surface area contributed by atoms with E-state index in [-0.39, 0.29) is 16.4 Å². The quantitative estimate of drug-likeness (QED) is 0.378. The van der Waals surface area contributed by atoms with Crippen LogP contribution in [0.15, 0.2) is 70.6 Å². The van der Waals surface area contributed by atoms with Crippen LogP contribution in [0.2, 0.25) is 0 Å². The first-order valence-electron chi connectivity index (χ1n) is 11.3. The normalized spacial score (nSPS) is 11.7. The molecule has 0 radical (unpaired) electrons. The fraction of sp³-hybridized carbons (Fsp3) is 0.231. The maximum Gasteiger partial charge on any atom is 0.274 e. The molecule has 4 rings (SSSR count). The maximum atomic E-state index is 12.6. The third-order valence-electron chi connectivity index (χ3n) is 5.73. The van der Waals surface area contributed by atoms with Crippen molar-refractivity contribution in [1.29, 1.82) is 0 Å². The summed E-state index contributed by atoms with van der Waals surface area (Å²) in [5.74, 6) is 0.578. The van der Waals surface area contributed by atoms with Crippen LogP contribution < -0.4 is 15.6 Å². The van der Waals surface area contributed by atoms with Crippen molar-refractivity contribution in [2.45, 2.75) is 4.90 Å². The summed E-state index contributed by atoms with van der Waals surface area (Å²) in [4.78, 5) is 30.2. The van der Waals surface area contributed by atoms with E-state index in [1.165, 1.54) is 16.7 Å². The summed E-state index contributed by atoms with van der Waals surface area (Å²) in [7, 11) is 1.99. The van der Waals surface area contributed by atoms with E-state index in [0.29, 0.717) is 52.2 Å². The van der Waals surface area contributed by atoms with Crippen molar-refractivity contribution in [2.75, 3.05) is 33.4 Å². The van der Waals surface area contributed by atoms with Gasteiger partial charge in [-0.3, -0.25) is 9.59 Å². The number of ether oxygens (including phenoxy) is 1. The molecule has 0 atom stereocenters. The van der Waals surface area contributed by atoms with Crippen molar-refractivity contribution in [3.63, 3.8) is 0 Å². The van der Waals surface area contributed by atoms with Gasteiger partial charge in [0.25, 0.3) is 11.5 Å². The number of nitrogens with zero attached hydrogens (tertiary/aromatic N) is 2. The molecule has 0 unspecified atom stereocenters. The van der Waals surface area contributed by atoms with Crippen molar-refractivity contribution in [3.05, 3.63) is 76.8 Å². The van der Waals surface area contributed by atoms with Gasteiger partial charge >= 0.3 is 0 Å². The minimum absolute atomic E-state index is 0.122. The number of sulfone groups is 1. The molecule has 2 aromatic heterocycles. The number of rotatable bonds is 8. The number of pyridine rings is 1. The maximum absolute atomic E-state index is 12.6. The summed E-state index contributed by atoms with van der Waals surface area (Å²) in [6.45, 7) is 1.22. The molecule has 1 amide bonds. The first-order valence-corrected chi connectivity index (χ1v) is 13.2. The zero-order chi connectivity index (χ0) is 26.0. The van der Waals surface area contributed by atoms with Gasteiger partial charge in [-0.2, -0.15) is 0 Å². The largest absolute Gasteiger partial charge is 0.457 e. The molecule has 2 N–H and O–H groups in total. The van der Waals surface area contributed by atoms with E-state index in [1.54, 1.807) is 55.8 Å². The Bertz CT molecular complexity index is 1600. The Morgan fingerprint density at radius 1 is 1.11 bits per heavy atom. The predicted molar refractivity (Wildman–Crippen MR) is 139 cm³/mol. The average Bonchev–Trinajstić information content (AvgIpc) is 3.31. The molecule has 4 aromatic rings. The molecule has 2 aromatic carbocycles. The van der Waals surface area contributed by atoms with Gasteiger partial charge in [0, 0.05) is 60.9 Å². The topological polar surface area (TPSA) is 114 Å². The van der Waals surface area contributed by atoms with Gasteiger partial charge in [0.2, 0.25) is 0 Å². The lowest BCUT2D eigenvalue weighted by Crippen LogP contribution is -2.31. The standard InChI is InChI=1S/C26H28N4O5S/c1-29(2)13-12-28-25(31)17-6-5-7-18(14-17)35-23-9-8-19(36(4,33)34)15-21(23)22-16-30(3)26(32)24-20(22)10-11-27-24/h5-11,14-16,27H,12-13H2,1-4H3,(H,28,31). The lowest BCUT2D eigenvalue weighted by Gasteiger charge is -2.15. The van der Waals surface area contributed by atoms with Crippen LogP contribution in [0.3, 0.4) is 0 Å². The first kappa shape index (κ1) is 25.2. The summed E-state index contributed by atoms with van der Waals surface area (Å²) < 4.78 is 32.3. The highest BCUT2D eigenvalue weighted by Crippen LogP contribution is 2.38. The van der Waals surface area contributed by atoms with Crippen LogP contribution in [0.5, 0.6) is 11.5 Å². The lowest BCUT2D eigenvalue weighted by molar-refractivity contribution is 0.0950. The number of benzene rings is 2. The van der Waals surface area contributed by atoms with E-state index in [2.05, 4.69) is 10.3 Å². The molecule has 9 nitrogen and oxygen atoms in total. The zero-order valence-corrected chi connectivity index (χ0v) is 21.3. The third kappa shape index (κ3) is 5.34. The molecular weight excluding hydrogens is 480 g/mol. The minimum atomic E-state index is -3.50. The molecule has 188 valence electrons. The second-order valence-corrected chi connectivity index (χ2v) is 10.9. The van der Waals surface area contributed by atoms with Crippen LogP contribution in [-0.2, 0) is 16.9 Å². The van der Waals surface area contributed by atoms with Gasteiger partial charge in [-0.05, 0) is 56.6 Å². The third-order valence-corrected chi connectivity index (χ3v) is 6.84. The van der Waals surface area contributed by atoms with E-state index in [0.717, 1.165) is 6.26 Å². The first-order chi connectivity index (χ1) is 17.0. The van der Waals surface area contributed by atoms with Crippen molar-refractivity contribution >= 4 is 26.6 Å². The number of likely N-dealkylation sites (N-methyl/N-ethyl adjacent to an activating group) is 1. The number of hydrogen-bond donors (Lipinski definition) is 2. The van der Waals surface area contributed by atoms with Gasteiger partial charge in [-0.25, -0.2) is 8.42 Å². The number of H-pyrrole nitrogens is 1. The average molecular weight is 509 g/mol. The number of nitrogens with one attached hydrogen (secondary N) is 2. The number of aromatic nitrogens is 2. The molecule has 0 aliphatic rings. The Labute approximate surface area is 209 Å². The summed E-state index contributed by atoms with van der Waals surface area (Å²) in [5.41, 5.74) is 1.77. The van der Waals surface area contributed by atoms with Gasteiger partial charge in [0.1, 0.15) is 17.0 Å². The smallest absolute Gasteiger partial charge is 0.274 e. The Morgan fingerprint density at radius 2 is 1.89 bits per heavy atom. The van der Waals surface area contributed by atoms with Gasteiger partial charge in [0.15, 0.2) is 9.84 Å². The Morgan fingerprint density at radius 3 is 2.61 bits per heavy atom. The zero-order valence-electron chi connectivity index (χ0n) is 20.5. The Hall–Kier alpha value is -3.89. The van der Waals surface area contributed by atoms with Crippen LogP contribution in [0.4, 0.5) is 0 Å². The van der Waals surface area contributed by atoms with Crippen LogP contribution in [0, 0.1) is 0 Å². The highest BCUT2D eigenvalue weighted by molar-refractivity contribution is 7.90. The van der Waals surface area contributed by atoms with Gasteiger partial charge in [-0.15, -0.1) is 0 Å². The molecule has 0 aliphatic carbocycles. The highest BCUT2D eigenvalue weighted by atomic mass is 32.2. The van der Waals surface area contributed by atoms with E-state index < -0.39 is 9.84 Å². The van der Waals surface area contributed by atoms with E-state index in [9.17, 15) is 18.0 Å². The fourth-order valence-electron chi connectivity index (χ4n) is 3.85. The number of aromatic amines is 1. The molecule has 36 heavy (non-hydrogen) atoms. The Kier molecular flexibility index (Phi) is 7.00.